The summed E-state index contributed by atoms with van der Waals surface area (Å²) in [5, 5.41) is 0. The minimum atomic E-state index is -0.255. The van der Waals surface area contributed by atoms with Crippen LogP contribution in [-0.4, -0.2) is 40.2 Å². The molecule has 2 aromatic rings. The molecule has 0 bridgehead atoms. The lowest BCUT2D eigenvalue weighted by Gasteiger charge is -2.40. The van der Waals surface area contributed by atoms with Crippen molar-refractivity contribution in [3.05, 3.63) is 51.7 Å². The van der Waals surface area contributed by atoms with Crippen molar-refractivity contribution >= 4 is 5.91 Å². The zero-order valence-corrected chi connectivity index (χ0v) is 17.2. The molecule has 0 unspecified atom stereocenters. The summed E-state index contributed by atoms with van der Waals surface area (Å²) in [7, 11) is 0. The van der Waals surface area contributed by atoms with Crippen LogP contribution in [0.25, 0.3) is 0 Å². The highest BCUT2D eigenvalue weighted by Crippen LogP contribution is 2.37. The van der Waals surface area contributed by atoms with Crippen LogP contribution >= 0.6 is 0 Å². The second kappa shape index (κ2) is 7.54. The van der Waals surface area contributed by atoms with Crippen LogP contribution in [0.1, 0.15) is 36.7 Å². The van der Waals surface area contributed by atoms with Gasteiger partial charge in [0.05, 0.1) is 0 Å². The maximum Gasteiger partial charge on any atom is 0.348 e. The van der Waals surface area contributed by atoms with Crippen molar-refractivity contribution in [1.82, 2.24) is 14.5 Å². The third kappa shape index (κ3) is 4.13. The van der Waals surface area contributed by atoms with Crippen molar-refractivity contribution in [2.75, 3.05) is 19.9 Å². The van der Waals surface area contributed by atoms with Crippen molar-refractivity contribution in [2.24, 2.45) is 5.41 Å². The predicted molar refractivity (Wildman–Crippen MR) is 108 cm³/mol. The topological polar surface area (TPSA) is 73.7 Å². The van der Waals surface area contributed by atoms with E-state index in [2.05, 4.69) is 18.0 Å². The van der Waals surface area contributed by atoms with Gasteiger partial charge in [0.25, 0.3) is 0 Å². The molecule has 0 saturated carbocycles. The molecule has 1 aromatic carbocycles. The van der Waals surface area contributed by atoms with Crippen LogP contribution in [0.5, 0.6) is 11.5 Å². The molecule has 154 valence electrons. The van der Waals surface area contributed by atoms with Gasteiger partial charge in [-0.25, -0.2) is 4.79 Å². The van der Waals surface area contributed by atoms with Crippen molar-refractivity contribution in [2.45, 2.75) is 46.6 Å². The third-order valence-corrected chi connectivity index (χ3v) is 5.88. The number of carbonyl (C=O) groups excluding carboxylic acids is 1. The van der Waals surface area contributed by atoms with E-state index < -0.39 is 0 Å². The molecule has 2 aliphatic heterocycles. The maximum atomic E-state index is 12.5. The van der Waals surface area contributed by atoms with Crippen LogP contribution in [0.15, 0.2) is 29.1 Å². The molecule has 1 atom stereocenters. The normalized spacial score (nSPS) is 20.9. The van der Waals surface area contributed by atoms with E-state index in [9.17, 15) is 9.59 Å². The minimum absolute atomic E-state index is 0.0207. The molecule has 1 fully saturated rings. The Bertz CT molecular complexity index is 1000. The highest BCUT2D eigenvalue weighted by atomic mass is 16.7. The van der Waals surface area contributed by atoms with E-state index in [0.29, 0.717) is 31.7 Å². The second-order valence-electron chi connectivity index (χ2n) is 8.46. The molecule has 0 spiro atoms. The predicted octanol–water partition coefficient (Wildman–Crippen LogP) is 2.46. The fourth-order valence-electron chi connectivity index (χ4n) is 4.35. The molecule has 29 heavy (non-hydrogen) atoms. The Balaban J connectivity index is 1.45. The number of benzene rings is 1. The van der Waals surface area contributed by atoms with E-state index in [1.807, 2.05) is 36.9 Å². The number of fused-ring (bicyclic) bond motifs is 1. The largest absolute Gasteiger partial charge is 0.454 e. The van der Waals surface area contributed by atoms with Crippen LogP contribution in [0.2, 0.25) is 0 Å². The summed E-state index contributed by atoms with van der Waals surface area (Å²) in [4.78, 5) is 30.6. The zero-order chi connectivity index (χ0) is 20.6. The van der Waals surface area contributed by atoms with E-state index >= 15 is 0 Å². The van der Waals surface area contributed by atoms with Gasteiger partial charge in [0.15, 0.2) is 11.5 Å². The number of carbonyl (C=O) groups is 1. The molecule has 3 heterocycles. The summed E-state index contributed by atoms with van der Waals surface area (Å²) in [6.45, 7) is 7.86. The molecule has 0 N–H and O–H groups in total. The quantitative estimate of drug-likeness (QED) is 0.775. The highest BCUT2D eigenvalue weighted by Gasteiger charge is 2.35. The number of amides is 1. The molecule has 2 aliphatic rings. The average molecular weight is 397 g/mol. The number of aromatic nitrogens is 2. The molecule has 7 heteroatoms. The lowest BCUT2D eigenvalue weighted by molar-refractivity contribution is -0.137. The first kappa shape index (κ1) is 19.5. The van der Waals surface area contributed by atoms with Gasteiger partial charge in [-0.3, -0.25) is 9.36 Å². The van der Waals surface area contributed by atoms with Gasteiger partial charge in [0, 0.05) is 37.4 Å². The van der Waals surface area contributed by atoms with Crippen LogP contribution in [0, 0.1) is 19.3 Å². The van der Waals surface area contributed by atoms with E-state index in [1.165, 1.54) is 5.56 Å². The molecule has 0 aliphatic carbocycles. The average Bonchev–Trinajstić information content (AvgIpc) is 3.11. The molecular formula is C22H27N3O4. The van der Waals surface area contributed by atoms with E-state index in [-0.39, 0.29) is 23.8 Å². The standard InChI is InChI=1S/C22H27N3O4/c1-15-10-16(2)25(21(27)23-15)9-8-24-13-22(3,7-6-20(24)26)12-17-4-5-18-19(11-17)29-14-28-18/h4-5,10-11H,6-9,12-14H2,1-3H3/t22-/m0/s1. The maximum absolute atomic E-state index is 12.5. The number of rotatable bonds is 5. The van der Waals surface area contributed by atoms with Gasteiger partial charge >= 0.3 is 5.69 Å². The molecular weight excluding hydrogens is 370 g/mol. The summed E-state index contributed by atoms with van der Waals surface area (Å²) in [5.74, 6) is 1.72. The third-order valence-electron chi connectivity index (χ3n) is 5.88. The fourth-order valence-corrected chi connectivity index (χ4v) is 4.35. The molecule has 1 saturated heterocycles. The summed E-state index contributed by atoms with van der Waals surface area (Å²) in [6, 6.07) is 7.95. The summed E-state index contributed by atoms with van der Waals surface area (Å²) < 4.78 is 12.5. The van der Waals surface area contributed by atoms with Gasteiger partial charge < -0.3 is 14.4 Å². The number of hydrogen-bond donors (Lipinski definition) is 0. The van der Waals surface area contributed by atoms with Crippen LogP contribution in [0.3, 0.4) is 0 Å². The van der Waals surface area contributed by atoms with Gasteiger partial charge in [0.1, 0.15) is 0 Å². The Morgan fingerprint density at radius 1 is 1.10 bits per heavy atom. The van der Waals surface area contributed by atoms with Crippen molar-refractivity contribution < 1.29 is 14.3 Å². The summed E-state index contributed by atoms with van der Waals surface area (Å²) >= 11 is 0. The molecule has 1 aromatic heterocycles. The SMILES string of the molecule is Cc1cc(C)n(CCN2C[C@](C)(Cc3ccc4c(c3)OCO4)CCC2=O)c(=O)n1. The van der Waals surface area contributed by atoms with Gasteiger partial charge in [-0.2, -0.15) is 4.98 Å². The van der Waals surface area contributed by atoms with Crippen molar-refractivity contribution in [1.29, 1.82) is 0 Å². The minimum Gasteiger partial charge on any atom is -0.454 e. The summed E-state index contributed by atoms with van der Waals surface area (Å²) in [5.41, 5.74) is 2.49. The molecule has 1 amide bonds. The lowest BCUT2D eigenvalue weighted by Crippen LogP contribution is -2.47. The Morgan fingerprint density at radius 2 is 1.90 bits per heavy atom. The van der Waals surface area contributed by atoms with Gasteiger partial charge in [0.2, 0.25) is 12.7 Å². The smallest absolute Gasteiger partial charge is 0.348 e. The Labute approximate surface area is 170 Å². The van der Waals surface area contributed by atoms with E-state index in [1.54, 1.807) is 4.57 Å². The van der Waals surface area contributed by atoms with Gasteiger partial charge in [-0.05, 0) is 55.9 Å². The van der Waals surface area contributed by atoms with E-state index in [4.69, 9.17) is 9.47 Å². The number of aryl methyl sites for hydroxylation is 2. The number of nitrogens with zero attached hydrogens (tertiary/aromatic N) is 3. The van der Waals surface area contributed by atoms with Crippen molar-refractivity contribution in [3.63, 3.8) is 0 Å². The molecule has 0 radical (unpaired) electrons. The Hall–Kier alpha value is -2.83. The number of ether oxygens (including phenoxy) is 2. The van der Waals surface area contributed by atoms with E-state index in [0.717, 1.165) is 30.0 Å². The zero-order valence-electron chi connectivity index (χ0n) is 17.2. The number of piperidine rings is 1. The monoisotopic (exact) mass is 397 g/mol. The highest BCUT2D eigenvalue weighted by molar-refractivity contribution is 5.77. The van der Waals surface area contributed by atoms with Crippen LogP contribution in [-0.2, 0) is 17.8 Å². The first-order valence-electron chi connectivity index (χ1n) is 10.0. The lowest BCUT2D eigenvalue weighted by atomic mass is 9.76. The van der Waals surface area contributed by atoms with Gasteiger partial charge in [-0.1, -0.05) is 13.0 Å². The first-order chi connectivity index (χ1) is 13.8. The van der Waals surface area contributed by atoms with Crippen molar-refractivity contribution in [3.8, 4) is 11.5 Å². The number of likely N-dealkylation sites (tertiary alicyclic amines) is 1. The van der Waals surface area contributed by atoms with Crippen LogP contribution in [0.4, 0.5) is 0 Å². The Morgan fingerprint density at radius 3 is 2.69 bits per heavy atom. The Kier molecular flexibility index (Phi) is 5.06. The fraction of sp³-hybridized carbons (Fsp3) is 0.500. The molecule has 4 rings (SSSR count). The van der Waals surface area contributed by atoms with Crippen LogP contribution < -0.4 is 15.2 Å². The van der Waals surface area contributed by atoms with Gasteiger partial charge in [-0.15, -0.1) is 0 Å². The molecule has 7 nitrogen and oxygen atoms in total. The number of hydrogen-bond acceptors (Lipinski definition) is 5. The second-order valence-corrected chi connectivity index (χ2v) is 8.46. The first-order valence-corrected chi connectivity index (χ1v) is 10.0. The summed E-state index contributed by atoms with van der Waals surface area (Å²) in [6.07, 6.45) is 2.24.